The van der Waals surface area contributed by atoms with Crippen LogP contribution in [0.2, 0.25) is 0 Å². The first-order chi connectivity index (χ1) is 6.33. The molecule has 70 valence electrons. The molecule has 0 bridgehead atoms. The zero-order chi connectivity index (χ0) is 9.52. The van der Waals surface area contributed by atoms with Crippen molar-refractivity contribution in [3.8, 4) is 0 Å². The molecule has 0 radical (unpaired) electrons. The molecule has 0 aromatic heterocycles. The Morgan fingerprint density at radius 3 is 3.08 bits per heavy atom. The monoisotopic (exact) mass is 180 g/mol. The predicted octanol–water partition coefficient (Wildman–Crippen LogP) is 1.92. The predicted molar refractivity (Wildman–Crippen MR) is 48.7 cm³/mol. The maximum Gasteiger partial charge on any atom is 0.333 e. The minimum Gasteiger partial charge on any atom is -0.459 e. The van der Waals surface area contributed by atoms with Gasteiger partial charge in [-0.05, 0) is 25.0 Å². The molecule has 0 aliphatic carbocycles. The zero-order valence-corrected chi connectivity index (χ0v) is 7.31. The summed E-state index contributed by atoms with van der Waals surface area (Å²) in [5.74, 6) is -0.483. The van der Waals surface area contributed by atoms with Crippen molar-refractivity contribution in [2.45, 2.75) is 19.1 Å². The van der Waals surface area contributed by atoms with Gasteiger partial charge in [0, 0.05) is 6.08 Å². The van der Waals surface area contributed by atoms with Gasteiger partial charge in [-0.25, -0.2) is 4.79 Å². The van der Waals surface area contributed by atoms with Gasteiger partial charge in [0.2, 0.25) is 0 Å². The van der Waals surface area contributed by atoms with Gasteiger partial charge < -0.3 is 9.47 Å². The van der Waals surface area contributed by atoms with E-state index in [4.69, 9.17) is 9.47 Å². The lowest BCUT2D eigenvalue weighted by Crippen LogP contribution is -2.16. The van der Waals surface area contributed by atoms with E-state index < -0.39 is 12.3 Å². The van der Waals surface area contributed by atoms with Crippen LogP contribution >= 0.6 is 0 Å². The number of rotatable bonds is 2. The smallest absolute Gasteiger partial charge is 0.333 e. The van der Waals surface area contributed by atoms with E-state index in [-0.39, 0.29) is 0 Å². The molecule has 0 aromatic rings. The molecule has 0 spiro atoms. The first kappa shape index (κ1) is 9.58. The molecular weight excluding hydrogens is 168 g/mol. The summed E-state index contributed by atoms with van der Waals surface area (Å²) in [5.41, 5.74) is 0. The summed E-state index contributed by atoms with van der Waals surface area (Å²) in [4.78, 5) is 10.8. The molecule has 1 atom stereocenters. The van der Waals surface area contributed by atoms with Crippen molar-refractivity contribution < 1.29 is 14.3 Å². The minimum absolute atomic E-state index is 0.483. The summed E-state index contributed by atoms with van der Waals surface area (Å²) in [7, 11) is 0. The van der Waals surface area contributed by atoms with Gasteiger partial charge in [-0.15, -0.1) is 0 Å². The summed E-state index contributed by atoms with van der Waals surface area (Å²) < 4.78 is 9.96. The molecular formula is C10H12O3. The molecule has 3 nitrogen and oxygen atoms in total. The van der Waals surface area contributed by atoms with E-state index in [0.29, 0.717) is 0 Å². The van der Waals surface area contributed by atoms with Gasteiger partial charge in [0.25, 0.3) is 6.29 Å². The minimum atomic E-state index is -0.623. The van der Waals surface area contributed by atoms with Gasteiger partial charge in [-0.1, -0.05) is 12.7 Å². The molecule has 0 fully saturated rings. The van der Waals surface area contributed by atoms with Crippen molar-refractivity contribution in [3.63, 3.8) is 0 Å². The highest BCUT2D eigenvalue weighted by molar-refractivity contribution is 5.81. The lowest BCUT2D eigenvalue weighted by molar-refractivity contribution is -0.155. The lowest BCUT2D eigenvalue weighted by Gasteiger charge is -2.13. The number of esters is 1. The van der Waals surface area contributed by atoms with E-state index in [1.807, 2.05) is 12.2 Å². The number of hydrogen-bond donors (Lipinski definition) is 0. The normalized spacial score (nSPS) is 26.0. The highest BCUT2D eigenvalue weighted by atomic mass is 16.7. The molecule has 0 saturated heterocycles. The highest BCUT2D eigenvalue weighted by Gasteiger charge is 2.08. The van der Waals surface area contributed by atoms with Gasteiger partial charge in [0.05, 0.1) is 6.26 Å². The van der Waals surface area contributed by atoms with Crippen LogP contribution in [0.3, 0.4) is 0 Å². The summed E-state index contributed by atoms with van der Waals surface area (Å²) in [5, 5.41) is 0. The Morgan fingerprint density at radius 1 is 1.54 bits per heavy atom. The first-order valence-corrected chi connectivity index (χ1v) is 4.13. The van der Waals surface area contributed by atoms with Crippen LogP contribution < -0.4 is 0 Å². The molecule has 1 unspecified atom stereocenters. The number of ether oxygens (including phenoxy) is 2. The zero-order valence-electron chi connectivity index (χ0n) is 7.31. The van der Waals surface area contributed by atoms with Gasteiger partial charge in [-0.2, -0.15) is 0 Å². The van der Waals surface area contributed by atoms with Crippen LogP contribution in [-0.4, -0.2) is 12.3 Å². The number of carbonyl (C=O) groups is 1. The van der Waals surface area contributed by atoms with Crippen molar-refractivity contribution in [2.24, 2.45) is 0 Å². The van der Waals surface area contributed by atoms with Gasteiger partial charge in [0.1, 0.15) is 0 Å². The van der Waals surface area contributed by atoms with Gasteiger partial charge in [-0.3, -0.25) is 0 Å². The maximum atomic E-state index is 10.8. The van der Waals surface area contributed by atoms with E-state index in [1.54, 1.807) is 12.3 Å². The second-order valence-electron chi connectivity index (χ2n) is 2.52. The Kier molecular flexibility index (Phi) is 3.82. The standard InChI is InChI=1S/C10H12O3/c1-2-9(11)13-10-7-5-3-4-6-8-12-10/h2,5-8,10H,1,3-4H2/b7-5-,8-6-. The molecule has 1 aliphatic rings. The Bertz CT molecular complexity index is 241. The highest BCUT2D eigenvalue weighted by Crippen LogP contribution is 2.05. The Hall–Kier alpha value is -1.51. The van der Waals surface area contributed by atoms with E-state index in [2.05, 4.69) is 6.58 Å². The van der Waals surface area contributed by atoms with Gasteiger partial charge >= 0.3 is 5.97 Å². The average Bonchev–Trinajstić information content (AvgIpc) is 2.09. The summed E-state index contributed by atoms with van der Waals surface area (Å²) >= 11 is 0. The first-order valence-electron chi connectivity index (χ1n) is 4.13. The second-order valence-corrected chi connectivity index (χ2v) is 2.52. The Morgan fingerprint density at radius 2 is 2.31 bits per heavy atom. The van der Waals surface area contributed by atoms with E-state index in [1.165, 1.54) is 0 Å². The fraction of sp³-hybridized carbons (Fsp3) is 0.300. The van der Waals surface area contributed by atoms with E-state index >= 15 is 0 Å². The van der Waals surface area contributed by atoms with Crippen molar-refractivity contribution in [2.75, 3.05) is 0 Å². The van der Waals surface area contributed by atoms with Crippen LogP contribution in [0, 0.1) is 0 Å². The van der Waals surface area contributed by atoms with E-state index in [9.17, 15) is 4.79 Å². The third kappa shape index (κ3) is 3.60. The van der Waals surface area contributed by atoms with Crippen LogP contribution in [0.1, 0.15) is 12.8 Å². The molecule has 13 heavy (non-hydrogen) atoms. The quantitative estimate of drug-likeness (QED) is 0.370. The average molecular weight is 180 g/mol. The van der Waals surface area contributed by atoms with Crippen LogP contribution in [0.5, 0.6) is 0 Å². The van der Waals surface area contributed by atoms with E-state index in [0.717, 1.165) is 18.9 Å². The fourth-order valence-electron chi connectivity index (χ4n) is 0.876. The number of carbonyl (C=O) groups excluding carboxylic acids is 1. The molecule has 1 rings (SSSR count). The molecule has 0 aromatic carbocycles. The molecule has 0 N–H and O–H groups in total. The van der Waals surface area contributed by atoms with Crippen LogP contribution in [0.15, 0.2) is 37.1 Å². The van der Waals surface area contributed by atoms with Gasteiger partial charge in [0.15, 0.2) is 0 Å². The summed E-state index contributed by atoms with van der Waals surface area (Å²) in [6, 6.07) is 0. The summed E-state index contributed by atoms with van der Waals surface area (Å²) in [6.45, 7) is 3.30. The van der Waals surface area contributed by atoms with Crippen molar-refractivity contribution in [3.05, 3.63) is 37.1 Å². The van der Waals surface area contributed by atoms with Crippen molar-refractivity contribution >= 4 is 5.97 Å². The van der Waals surface area contributed by atoms with Crippen LogP contribution in [0.4, 0.5) is 0 Å². The molecule has 0 saturated carbocycles. The molecule has 0 amide bonds. The number of allylic oxidation sites excluding steroid dienone is 2. The molecule has 3 heteroatoms. The molecule has 1 heterocycles. The van der Waals surface area contributed by atoms with Crippen LogP contribution in [-0.2, 0) is 14.3 Å². The third-order valence-electron chi connectivity index (χ3n) is 1.50. The molecule has 1 aliphatic heterocycles. The summed E-state index contributed by atoms with van der Waals surface area (Å²) in [6.07, 6.45) is 9.43. The topological polar surface area (TPSA) is 35.5 Å². The van der Waals surface area contributed by atoms with Crippen molar-refractivity contribution in [1.29, 1.82) is 0 Å². The SMILES string of the molecule is C=CC(=O)OC1/C=C\CC/C=C\O1. The second kappa shape index (κ2) is 5.19. The Balaban J connectivity index is 2.46. The third-order valence-corrected chi connectivity index (χ3v) is 1.50. The Labute approximate surface area is 77.3 Å². The maximum absolute atomic E-state index is 10.8. The largest absolute Gasteiger partial charge is 0.459 e. The fourth-order valence-corrected chi connectivity index (χ4v) is 0.876. The lowest BCUT2D eigenvalue weighted by atomic mass is 10.2. The van der Waals surface area contributed by atoms with Crippen molar-refractivity contribution in [1.82, 2.24) is 0 Å². The number of hydrogen-bond acceptors (Lipinski definition) is 3. The van der Waals surface area contributed by atoms with Crippen LogP contribution in [0.25, 0.3) is 0 Å².